The number of Topliss-reactive ketones (excluding diaryl/α,β-unsaturated/α-hetero) is 1. The van der Waals surface area contributed by atoms with E-state index in [9.17, 15) is 9.18 Å². The summed E-state index contributed by atoms with van der Waals surface area (Å²) in [5, 5.41) is 6.54. The van der Waals surface area contributed by atoms with Crippen LogP contribution in [0.3, 0.4) is 0 Å². The molecule has 0 fully saturated rings. The fourth-order valence-corrected chi connectivity index (χ4v) is 4.79. The molecule has 6 nitrogen and oxygen atoms in total. The third kappa shape index (κ3) is 7.74. The number of ketones is 1. The third-order valence-electron chi connectivity index (χ3n) is 7.28. The van der Waals surface area contributed by atoms with Crippen molar-refractivity contribution < 1.29 is 13.9 Å². The van der Waals surface area contributed by atoms with Crippen LogP contribution in [0.5, 0.6) is 0 Å². The molecule has 1 aromatic carbocycles. The molecule has 2 heterocycles. The van der Waals surface area contributed by atoms with Crippen LogP contribution in [0.4, 0.5) is 10.1 Å². The molecule has 0 radical (unpaired) electrons. The summed E-state index contributed by atoms with van der Waals surface area (Å²) in [5.74, 6) is -0.440. The molecule has 2 N–H and O–H groups in total. The molecule has 0 bridgehead atoms. The molecule has 7 heteroatoms. The number of hydrogen-bond acceptors (Lipinski definition) is 6. The average Bonchev–Trinajstić information content (AvgIpc) is 2.91. The lowest BCUT2D eigenvalue weighted by molar-refractivity contribution is 0.101. The number of allylic oxidation sites excluding steroid dienone is 1. The Morgan fingerprint density at radius 1 is 1.28 bits per heavy atom. The molecule has 3 rings (SSSR count). The van der Waals surface area contributed by atoms with Gasteiger partial charge in [0.1, 0.15) is 5.82 Å². The Morgan fingerprint density at radius 3 is 2.67 bits per heavy atom. The van der Waals surface area contributed by atoms with E-state index in [0.717, 1.165) is 53.3 Å². The smallest absolute Gasteiger partial charge is 0.159 e. The van der Waals surface area contributed by atoms with Gasteiger partial charge in [0, 0.05) is 79.5 Å². The van der Waals surface area contributed by atoms with E-state index in [0.29, 0.717) is 17.7 Å². The number of halogens is 1. The van der Waals surface area contributed by atoms with Gasteiger partial charge in [-0.3, -0.25) is 14.7 Å². The van der Waals surface area contributed by atoms with E-state index >= 15 is 0 Å². The van der Waals surface area contributed by atoms with Gasteiger partial charge in [-0.25, -0.2) is 4.39 Å². The summed E-state index contributed by atoms with van der Waals surface area (Å²) in [5.41, 5.74) is 8.02. The summed E-state index contributed by atoms with van der Waals surface area (Å²) >= 11 is 0. The molecule has 1 aliphatic heterocycles. The van der Waals surface area contributed by atoms with E-state index in [1.165, 1.54) is 18.6 Å². The van der Waals surface area contributed by atoms with Crippen molar-refractivity contribution in [1.82, 2.24) is 15.2 Å². The summed E-state index contributed by atoms with van der Waals surface area (Å²) in [6, 6.07) is 5.32. The van der Waals surface area contributed by atoms with Crippen LogP contribution in [-0.2, 0) is 4.74 Å². The van der Waals surface area contributed by atoms with Crippen molar-refractivity contribution in [3.05, 3.63) is 93.9 Å². The topological polar surface area (TPSA) is 66.5 Å². The Bertz CT molecular complexity index is 1290. The first-order valence-electron chi connectivity index (χ1n) is 13.3. The first kappa shape index (κ1) is 30.0. The lowest BCUT2D eigenvalue weighted by Gasteiger charge is -2.33. The quantitative estimate of drug-likeness (QED) is 0.262. The fourth-order valence-electron chi connectivity index (χ4n) is 4.79. The molecule has 0 aliphatic carbocycles. The maximum Gasteiger partial charge on any atom is 0.159 e. The van der Waals surface area contributed by atoms with Gasteiger partial charge in [0.25, 0.3) is 0 Å². The number of aryl methyl sites for hydroxylation is 2. The van der Waals surface area contributed by atoms with Crippen LogP contribution in [0.2, 0.25) is 0 Å². The number of rotatable bonds is 11. The number of nitrogens with one attached hydrogen (secondary N) is 2. The first-order valence-corrected chi connectivity index (χ1v) is 13.3. The number of aromatic nitrogens is 1. The van der Waals surface area contributed by atoms with Gasteiger partial charge in [0.05, 0.1) is 6.61 Å². The number of carbonyl (C=O) groups is 1. The van der Waals surface area contributed by atoms with Crippen molar-refractivity contribution >= 4 is 23.1 Å². The molecular formula is C32H41FN4O2. The largest absolute Gasteiger partial charge is 0.388 e. The number of pyridine rings is 1. The summed E-state index contributed by atoms with van der Waals surface area (Å²) < 4.78 is 20.0. The molecule has 0 saturated heterocycles. The van der Waals surface area contributed by atoms with Crippen molar-refractivity contribution in [3.8, 4) is 0 Å². The number of nitrogens with zero attached hydrogens (tertiary/aromatic N) is 2. The highest BCUT2D eigenvalue weighted by atomic mass is 19.1. The van der Waals surface area contributed by atoms with Crippen LogP contribution in [0.25, 0.3) is 11.6 Å². The highest BCUT2D eigenvalue weighted by Crippen LogP contribution is 2.31. The molecule has 0 saturated carbocycles. The van der Waals surface area contributed by atoms with Gasteiger partial charge in [-0.1, -0.05) is 17.7 Å². The molecule has 1 aliphatic rings. The van der Waals surface area contributed by atoms with E-state index in [4.69, 9.17) is 4.74 Å². The molecule has 208 valence electrons. The van der Waals surface area contributed by atoms with Crippen LogP contribution in [0.15, 0.2) is 60.1 Å². The Balaban J connectivity index is 1.76. The van der Waals surface area contributed by atoms with Gasteiger partial charge >= 0.3 is 0 Å². The lowest BCUT2D eigenvalue weighted by atomic mass is 9.92. The summed E-state index contributed by atoms with van der Waals surface area (Å²) in [6.07, 6.45) is 12.7. The summed E-state index contributed by atoms with van der Waals surface area (Å²) in [7, 11) is 3.55. The molecule has 0 spiro atoms. The number of carbonyl (C=O) groups excluding carboxylic acids is 1. The maximum atomic E-state index is 14.9. The number of hydrogen-bond donors (Lipinski definition) is 2. The van der Waals surface area contributed by atoms with Gasteiger partial charge in [0.2, 0.25) is 0 Å². The molecule has 1 unspecified atom stereocenters. The highest BCUT2D eigenvalue weighted by molar-refractivity contribution is 5.94. The van der Waals surface area contributed by atoms with Crippen LogP contribution in [0.1, 0.15) is 59.9 Å². The van der Waals surface area contributed by atoms with Crippen molar-refractivity contribution in [3.63, 3.8) is 0 Å². The van der Waals surface area contributed by atoms with Gasteiger partial charge < -0.3 is 15.4 Å². The summed E-state index contributed by atoms with van der Waals surface area (Å²) in [4.78, 5) is 18.6. The normalized spacial score (nSPS) is 15.8. The van der Waals surface area contributed by atoms with E-state index in [1.54, 1.807) is 13.2 Å². The van der Waals surface area contributed by atoms with Gasteiger partial charge in [0.15, 0.2) is 5.78 Å². The predicted octanol–water partition coefficient (Wildman–Crippen LogP) is 6.30. The number of ether oxygens (including phenoxy) is 1. The Morgan fingerprint density at radius 2 is 2.05 bits per heavy atom. The van der Waals surface area contributed by atoms with Crippen LogP contribution in [-0.4, -0.2) is 55.6 Å². The van der Waals surface area contributed by atoms with Crippen molar-refractivity contribution in [2.24, 2.45) is 0 Å². The molecule has 2 aromatic rings. The zero-order chi connectivity index (χ0) is 28.5. The second kappa shape index (κ2) is 14.0. The number of likely N-dealkylation sites (N-methyl/N-ethyl adjacent to an activating group) is 1. The maximum absolute atomic E-state index is 14.9. The lowest BCUT2D eigenvalue weighted by Crippen LogP contribution is -2.37. The summed E-state index contributed by atoms with van der Waals surface area (Å²) in [6.45, 7) is 11.8. The molecule has 1 atom stereocenters. The van der Waals surface area contributed by atoms with Crippen LogP contribution in [0, 0.1) is 19.7 Å². The van der Waals surface area contributed by atoms with E-state index < -0.39 is 0 Å². The monoisotopic (exact) mass is 532 g/mol. The van der Waals surface area contributed by atoms with E-state index in [1.807, 2.05) is 51.5 Å². The number of anilines is 1. The van der Waals surface area contributed by atoms with Crippen LogP contribution >= 0.6 is 0 Å². The van der Waals surface area contributed by atoms with Crippen molar-refractivity contribution in [2.75, 3.05) is 39.2 Å². The van der Waals surface area contributed by atoms with Gasteiger partial charge in [-0.15, -0.1) is 0 Å². The Labute approximate surface area is 232 Å². The van der Waals surface area contributed by atoms with Gasteiger partial charge in [-0.2, -0.15) is 0 Å². The van der Waals surface area contributed by atoms with Crippen molar-refractivity contribution in [2.45, 2.75) is 47.1 Å². The van der Waals surface area contributed by atoms with Gasteiger partial charge in [-0.05, 0) is 82.5 Å². The molecule has 0 amide bonds. The standard InChI is InChI=1S/C32H41FN4O2/c1-21(19-29-23(3)35-14-9-31(29)36-13-8-28(34-6)12-17-39-7)24(4)37-15-10-26(11-16-37)32-22(2)18-27(25(5)38)20-30(32)33/h8-10,12-14,18-20,24,34H,11,15-17H2,1-7H3,(H,35,36)/b13-8-,21-19+,28-12+. The minimum absolute atomic E-state index is 0.122. The predicted molar refractivity (Wildman–Crippen MR) is 159 cm³/mol. The minimum Gasteiger partial charge on any atom is -0.388 e. The Kier molecular flexibility index (Phi) is 10.8. The second-order valence-corrected chi connectivity index (χ2v) is 9.94. The number of benzene rings is 1. The first-order chi connectivity index (χ1) is 18.7. The number of methoxy groups -OCH3 is 1. The second-order valence-electron chi connectivity index (χ2n) is 9.94. The van der Waals surface area contributed by atoms with E-state index in [-0.39, 0.29) is 17.6 Å². The SMILES string of the molecule is CNC(/C=C\Nc1ccnc(C)c1/C=C(\C)C(C)N1CC=C(c2c(C)cc(C(C)=O)cc2F)CC1)=C/COC. The highest BCUT2D eigenvalue weighted by Gasteiger charge is 2.22. The zero-order valence-electron chi connectivity index (χ0n) is 24.2. The minimum atomic E-state index is -0.318. The van der Waals surface area contributed by atoms with Crippen LogP contribution < -0.4 is 10.6 Å². The zero-order valence-corrected chi connectivity index (χ0v) is 24.2. The Hall–Kier alpha value is -3.55. The molecule has 39 heavy (non-hydrogen) atoms. The molecular weight excluding hydrogens is 491 g/mol. The third-order valence-corrected chi connectivity index (χ3v) is 7.28. The van der Waals surface area contributed by atoms with Crippen molar-refractivity contribution in [1.29, 1.82) is 0 Å². The fraction of sp³-hybridized carbons (Fsp3) is 0.375. The average molecular weight is 533 g/mol. The molecule has 1 aromatic heterocycles. The van der Waals surface area contributed by atoms with E-state index in [2.05, 4.69) is 46.5 Å².